The van der Waals surface area contributed by atoms with E-state index in [1.54, 1.807) is 0 Å². The molecule has 0 radical (unpaired) electrons. The molecule has 0 saturated carbocycles. The summed E-state index contributed by atoms with van der Waals surface area (Å²) in [6, 6.07) is 0. The van der Waals surface area contributed by atoms with E-state index in [2.05, 4.69) is 106 Å². The van der Waals surface area contributed by atoms with E-state index in [-0.39, 0.29) is 31.1 Å². The first kappa shape index (κ1) is 69.6. The van der Waals surface area contributed by atoms with Gasteiger partial charge in [-0.2, -0.15) is 0 Å². The Kier molecular flexibility index (Phi) is 58.3. The second-order valence-corrected chi connectivity index (χ2v) is 20.6. The molecule has 0 aliphatic carbocycles. The van der Waals surface area contributed by atoms with Crippen molar-refractivity contribution in [3.63, 3.8) is 0 Å². The third-order valence-electron chi connectivity index (χ3n) is 13.4. The van der Waals surface area contributed by atoms with Crippen molar-refractivity contribution >= 4 is 17.9 Å². The minimum atomic E-state index is -0.789. The van der Waals surface area contributed by atoms with Crippen molar-refractivity contribution in [3.05, 3.63) is 85.1 Å². The van der Waals surface area contributed by atoms with E-state index in [1.165, 1.54) is 154 Å². The third-order valence-corrected chi connectivity index (χ3v) is 13.4. The van der Waals surface area contributed by atoms with Crippen LogP contribution in [0.4, 0.5) is 0 Å². The molecule has 0 amide bonds. The lowest BCUT2D eigenvalue weighted by molar-refractivity contribution is -0.167. The van der Waals surface area contributed by atoms with Crippen molar-refractivity contribution in [2.24, 2.45) is 0 Å². The molecule has 0 aliphatic heterocycles. The van der Waals surface area contributed by atoms with Gasteiger partial charge < -0.3 is 14.2 Å². The minimum absolute atomic E-state index is 0.0855. The van der Waals surface area contributed by atoms with Crippen molar-refractivity contribution in [2.75, 3.05) is 13.2 Å². The van der Waals surface area contributed by atoms with Gasteiger partial charge in [0.1, 0.15) is 13.2 Å². The summed E-state index contributed by atoms with van der Waals surface area (Å²) in [5.41, 5.74) is 0. The van der Waals surface area contributed by atoms with Crippen molar-refractivity contribution in [2.45, 2.75) is 309 Å². The summed E-state index contributed by atoms with van der Waals surface area (Å²) < 4.78 is 16.9. The summed E-state index contributed by atoms with van der Waals surface area (Å²) in [7, 11) is 0. The molecule has 1 atom stereocenters. The van der Waals surface area contributed by atoms with Crippen molar-refractivity contribution in [3.8, 4) is 0 Å². The van der Waals surface area contributed by atoms with Gasteiger partial charge in [0.25, 0.3) is 0 Å². The Labute approximate surface area is 452 Å². The fourth-order valence-corrected chi connectivity index (χ4v) is 8.69. The second kappa shape index (κ2) is 61.1. The molecule has 0 heterocycles. The molecule has 0 N–H and O–H groups in total. The van der Waals surface area contributed by atoms with E-state index >= 15 is 0 Å². The van der Waals surface area contributed by atoms with E-state index in [9.17, 15) is 14.4 Å². The molecule has 0 fully saturated rings. The second-order valence-electron chi connectivity index (χ2n) is 20.6. The molecular weight excluding hydrogens is 901 g/mol. The Morgan fingerprint density at radius 2 is 0.534 bits per heavy atom. The van der Waals surface area contributed by atoms with Crippen LogP contribution >= 0.6 is 0 Å². The number of ether oxygens (including phenoxy) is 3. The zero-order valence-corrected chi connectivity index (χ0v) is 48.1. The molecule has 0 aromatic rings. The first-order valence-corrected chi connectivity index (χ1v) is 31.1. The predicted octanol–water partition coefficient (Wildman–Crippen LogP) is 21.1. The van der Waals surface area contributed by atoms with Crippen LogP contribution in [0.25, 0.3) is 0 Å². The quantitative estimate of drug-likeness (QED) is 0.0261. The van der Waals surface area contributed by atoms with E-state index in [4.69, 9.17) is 14.2 Å². The first-order chi connectivity index (χ1) is 36.0. The van der Waals surface area contributed by atoms with Gasteiger partial charge in [-0.1, -0.05) is 254 Å². The van der Waals surface area contributed by atoms with Crippen LogP contribution in [0.15, 0.2) is 85.1 Å². The molecule has 420 valence electrons. The Morgan fingerprint density at radius 1 is 0.288 bits per heavy atom. The van der Waals surface area contributed by atoms with E-state index in [1.807, 2.05) is 0 Å². The van der Waals surface area contributed by atoms with Gasteiger partial charge in [0.05, 0.1) is 0 Å². The average Bonchev–Trinajstić information content (AvgIpc) is 3.39. The number of allylic oxidation sites excluding steroid dienone is 14. The fourth-order valence-electron chi connectivity index (χ4n) is 8.69. The molecule has 0 aromatic heterocycles. The highest BCUT2D eigenvalue weighted by Gasteiger charge is 2.19. The van der Waals surface area contributed by atoms with E-state index in [0.29, 0.717) is 19.3 Å². The molecule has 73 heavy (non-hydrogen) atoms. The molecule has 1 unspecified atom stereocenters. The summed E-state index contributed by atoms with van der Waals surface area (Å²) in [4.78, 5) is 38.3. The molecule has 6 heteroatoms. The predicted molar refractivity (Wildman–Crippen MR) is 316 cm³/mol. The smallest absolute Gasteiger partial charge is 0.306 e. The third kappa shape index (κ3) is 59.3. The highest BCUT2D eigenvalue weighted by molar-refractivity contribution is 5.71. The topological polar surface area (TPSA) is 78.9 Å². The number of esters is 3. The Balaban J connectivity index is 4.39. The van der Waals surface area contributed by atoms with Crippen LogP contribution in [0, 0.1) is 0 Å². The maximum absolute atomic E-state index is 12.9. The van der Waals surface area contributed by atoms with Crippen molar-refractivity contribution in [1.29, 1.82) is 0 Å². The molecule has 0 spiro atoms. The SMILES string of the molecule is CC/C=C\C/C=C\C/C=C\CCCCCCCC(=O)OCC(COC(=O)CCCCCCCCCCC/C=C\C/C=C\CCCCCCC)OC(=O)CCCCCCCCCCC/C=C\C/C=C\CCCCC. The maximum Gasteiger partial charge on any atom is 0.306 e. The molecule has 6 nitrogen and oxygen atoms in total. The van der Waals surface area contributed by atoms with Crippen molar-refractivity contribution in [1.82, 2.24) is 0 Å². The van der Waals surface area contributed by atoms with Crippen LogP contribution < -0.4 is 0 Å². The number of unbranched alkanes of at least 4 members (excludes halogenated alkanes) is 31. The van der Waals surface area contributed by atoms with Gasteiger partial charge in [0.15, 0.2) is 6.10 Å². The lowest BCUT2D eigenvalue weighted by atomic mass is 10.1. The van der Waals surface area contributed by atoms with Gasteiger partial charge in [-0.15, -0.1) is 0 Å². The molecular formula is C67H116O6. The molecule has 0 saturated heterocycles. The van der Waals surface area contributed by atoms with E-state index < -0.39 is 6.10 Å². The van der Waals surface area contributed by atoms with Crippen molar-refractivity contribution < 1.29 is 28.6 Å². The normalized spacial score (nSPS) is 12.6. The summed E-state index contributed by atoms with van der Waals surface area (Å²) in [5, 5.41) is 0. The fraction of sp³-hybridized carbons (Fsp3) is 0.746. The van der Waals surface area contributed by atoms with Crippen LogP contribution in [0.1, 0.15) is 303 Å². The zero-order valence-electron chi connectivity index (χ0n) is 48.1. The number of rotatable bonds is 56. The van der Waals surface area contributed by atoms with Gasteiger partial charge >= 0.3 is 17.9 Å². The lowest BCUT2D eigenvalue weighted by Gasteiger charge is -2.18. The summed E-state index contributed by atoms with van der Waals surface area (Å²) in [6.07, 6.45) is 80.0. The van der Waals surface area contributed by atoms with Crippen LogP contribution in [0.3, 0.4) is 0 Å². The highest BCUT2D eigenvalue weighted by atomic mass is 16.6. The van der Waals surface area contributed by atoms with Crippen LogP contribution in [0.2, 0.25) is 0 Å². The van der Waals surface area contributed by atoms with Gasteiger partial charge in [-0.25, -0.2) is 0 Å². The summed E-state index contributed by atoms with van der Waals surface area (Å²) >= 11 is 0. The molecule has 0 rings (SSSR count). The molecule has 0 aromatic carbocycles. The molecule has 0 aliphatic rings. The van der Waals surface area contributed by atoms with Gasteiger partial charge in [-0.3, -0.25) is 14.4 Å². The molecule has 0 bridgehead atoms. The van der Waals surface area contributed by atoms with Crippen LogP contribution in [-0.4, -0.2) is 37.2 Å². The Morgan fingerprint density at radius 3 is 0.863 bits per heavy atom. The van der Waals surface area contributed by atoms with Gasteiger partial charge in [0, 0.05) is 19.3 Å². The lowest BCUT2D eigenvalue weighted by Crippen LogP contribution is -2.30. The van der Waals surface area contributed by atoms with Crippen LogP contribution in [0.5, 0.6) is 0 Å². The Bertz CT molecular complexity index is 1400. The van der Waals surface area contributed by atoms with Gasteiger partial charge in [-0.05, 0) is 116 Å². The number of carbonyl (C=O) groups excluding carboxylic acids is 3. The summed E-state index contributed by atoms with van der Waals surface area (Å²) in [5.74, 6) is -0.901. The summed E-state index contributed by atoms with van der Waals surface area (Å²) in [6.45, 7) is 6.50. The van der Waals surface area contributed by atoms with Crippen LogP contribution in [-0.2, 0) is 28.6 Å². The van der Waals surface area contributed by atoms with Gasteiger partial charge in [0.2, 0.25) is 0 Å². The first-order valence-electron chi connectivity index (χ1n) is 31.1. The van der Waals surface area contributed by atoms with E-state index in [0.717, 1.165) is 109 Å². The zero-order chi connectivity index (χ0) is 52.9. The number of carbonyl (C=O) groups is 3. The standard InChI is InChI=1S/C67H116O6/c1-4-7-10-13-16-19-22-25-28-30-32-33-35-36-39-42-45-48-51-54-57-60-66(69)72-63-64(62-71-65(68)59-56-53-50-47-44-41-38-27-24-21-18-15-12-9-6-3)73-67(70)61-58-55-52-49-46-43-40-37-34-31-29-26-23-20-17-14-11-8-5-2/h9,12,17-18,20-22,25-27,29-30,32,38,64H,4-8,10-11,13-16,19,23-24,28,31,33-37,39-63H2,1-3H3/b12-9-,20-17-,21-18-,25-22-,29-26-,32-30-,38-27-. The monoisotopic (exact) mass is 1020 g/mol. The highest BCUT2D eigenvalue weighted by Crippen LogP contribution is 2.16. The number of hydrogen-bond acceptors (Lipinski definition) is 6. The Hall–Kier alpha value is -3.41. The largest absolute Gasteiger partial charge is 0.462 e. The maximum atomic E-state index is 12.9. The number of hydrogen-bond donors (Lipinski definition) is 0. The minimum Gasteiger partial charge on any atom is -0.462 e. The average molecular weight is 1020 g/mol.